The average Bonchev–Trinajstić information content (AvgIpc) is 1.85. The maximum absolute atomic E-state index is 4.04. The van der Waals surface area contributed by atoms with Gasteiger partial charge in [-0.3, -0.25) is 0 Å². The average molecular weight is 152 g/mol. The zero-order valence-electron chi connectivity index (χ0n) is 8.49. The van der Waals surface area contributed by atoms with Gasteiger partial charge in [-0.15, -0.1) is 0 Å². The van der Waals surface area contributed by atoms with Crippen LogP contribution >= 0.6 is 0 Å². The van der Waals surface area contributed by atoms with E-state index in [2.05, 4.69) is 47.3 Å². The molecule has 0 saturated carbocycles. The summed E-state index contributed by atoms with van der Waals surface area (Å²) in [7, 11) is 0. The quantitative estimate of drug-likeness (QED) is 0.526. The number of rotatable bonds is 2. The maximum atomic E-state index is 4.04. The smallest absolute Gasteiger partial charge is 0.0138 e. The van der Waals surface area contributed by atoms with E-state index >= 15 is 0 Å². The zero-order valence-corrected chi connectivity index (χ0v) is 8.49. The lowest BCUT2D eigenvalue weighted by Crippen LogP contribution is -2.06. The molecule has 0 fully saturated rings. The van der Waals surface area contributed by atoms with Crippen LogP contribution in [0.5, 0.6) is 0 Å². The molecule has 0 amide bonds. The highest BCUT2D eigenvalue weighted by Gasteiger charge is 2.11. The van der Waals surface area contributed by atoms with Gasteiger partial charge in [0.25, 0.3) is 0 Å². The number of hydrogen-bond acceptors (Lipinski definition) is 0. The molecule has 0 nitrogen and oxygen atoms in total. The molecule has 0 heterocycles. The monoisotopic (exact) mass is 152 g/mol. The van der Waals surface area contributed by atoms with Crippen molar-refractivity contribution < 1.29 is 0 Å². The molecule has 0 bridgehead atoms. The molecule has 0 N–H and O–H groups in total. The van der Waals surface area contributed by atoms with E-state index in [1.54, 1.807) is 0 Å². The minimum Gasteiger partial charge on any atom is -0.0953 e. The summed E-state index contributed by atoms with van der Waals surface area (Å²) in [6, 6.07) is 0. The lowest BCUT2D eigenvalue weighted by atomic mass is 9.86. The summed E-state index contributed by atoms with van der Waals surface area (Å²) in [6.45, 7) is 14.9. The second-order valence-corrected chi connectivity index (χ2v) is 4.12. The Morgan fingerprint density at radius 2 is 1.82 bits per heavy atom. The molecule has 0 aromatic heterocycles. The van der Waals surface area contributed by atoms with Crippen molar-refractivity contribution >= 4 is 0 Å². The predicted octanol–water partition coefficient (Wildman–Crippen LogP) is 3.95. The van der Waals surface area contributed by atoms with Crippen LogP contribution in [0.4, 0.5) is 0 Å². The third-order valence-electron chi connectivity index (χ3n) is 1.94. The Balaban J connectivity index is 4.30. The van der Waals surface area contributed by atoms with Crippen molar-refractivity contribution in [2.24, 2.45) is 5.41 Å². The molecule has 0 unspecified atom stereocenters. The molecule has 0 aromatic carbocycles. The highest BCUT2D eigenvalue weighted by Crippen LogP contribution is 2.25. The number of hydrogen-bond donors (Lipinski definition) is 0. The molecule has 0 spiro atoms. The zero-order chi connectivity index (χ0) is 9.07. The fourth-order valence-corrected chi connectivity index (χ4v) is 0.616. The molecular weight excluding hydrogens is 132 g/mol. The Morgan fingerprint density at radius 3 is 2.09 bits per heavy atom. The van der Waals surface area contributed by atoms with Crippen LogP contribution in [0.25, 0.3) is 0 Å². The molecule has 0 aliphatic heterocycles. The first-order chi connectivity index (χ1) is 4.88. The van der Waals surface area contributed by atoms with Gasteiger partial charge in [-0.05, 0) is 24.3 Å². The summed E-state index contributed by atoms with van der Waals surface area (Å²) in [5.41, 5.74) is 2.85. The van der Waals surface area contributed by atoms with Crippen molar-refractivity contribution in [1.82, 2.24) is 0 Å². The Morgan fingerprint density at radius 1 is 1.36 bits per heavy atom. The summed E-state index contributed by atoms with van der Waals surface area (Å²) < 4.78 is 0. The standard InChI is InChI=1S/C11H20/c1-7-9(2)8-10(3)11(4,5)6/h8H,3,7H2,1-2,4-6H3/b9-8-. The van der Waals surface area contributed by atoms with Gasteiger partial charge in [-0.25, -0.2) is 0 Å². The van der Waals surface area contributed by atoms with Crippen LogP contribution in [0.15, 0.2) is 23.8 Å². The lowest BCUT2D eigenvalue weighted by Gasteiger charge is -2.19. The van der Waals surface area contributed by atoms with Gasteiger partial charge in [-0.2, -0.15) is 0 Å². The van der Waals surface area contributed by atoms with E-state index in [9.17, 15) is 0 Å². The third-order valence-corrected chi connectivity index (χ3v) is 1.94. The van der Waals surface area contributed by atoms with Gasteiger partial charge in [-0.1, -0.05) is 45.9 Å². The maximum Gasteiger partial charge on any atom is -0.0138 e. The predicted molar refractivity (Wildman–Crippen MR) is 52.6 cm³/mol. The molecule has 11 heavy (non-hydrogen) atoms. The van der Waals surface area contributed by atoms with Crippen LogP contribution in [0.2, 0.25) is 0 Å². The molecule has 64 valence electrons. The van der Waals surface area contributed by atoms with Crippen molar-refractivity contribution in [2.75, 3.05) is 0 Å². The van der Waals surface area contributed by atoms with E-state index in [1.807, 2.05) is 0 Å². The van der Waals surface area contributed by atoms with Crippen molar-refractivity contribution in [2.45, 2.75) is 41.0 Å². The Bertz CT molecular complexity index is 165. The first-order valence-corrected chi connectivity index (χ1v) is 4.24. The van der Waals surface area contributed by atoms with Crippen LogP contribution in [-0.2, 0) is 0 Å². The van der Waals surface area contributed by atoms with Gasteiger partial charge in [0.2, 0.25) is 0 Å². The van der Waals surface area contributed by atoms with Gasteiger partial charge in [0.15, 0.2) is 0 Å². The van der Waals surface area contributed by atoms with Crippen LogP contribution in [0.3, 0.4) is 0 Å². The molecule has 0 aromatic rings. The highest BCUT2D eigenvalue weighted by molar-refractivity contribution is 5.24. The van der Waals surface area contributed by atoms with Gasteiger partial charge < -0.3 is 0 Å². The van der Waals surface area contributed by atoms with Gasteiger partial charge >= 0.3 is 0 Å². The topological polar surface area (TPSA) is 0 Å². The fraction of sp³-hybridized carbons (Fsp3) is 0.636. The molecule has 0 atom stereocenters. The van der Waals surface area contributed by atoms with Crippen LogP contribution in [0, 0.1) is 5.41 Å². The number of allylic oxidation sites excluding steroid dienone is 3. The van der Waals surface area contributed by atoms with E-state index in [-0.39, 0.29) is 5.41 Å². The molecular formula is C11H20. The van der Waals surface area contributed by atoms with E-state index < -0.39 is 0 Å². The van der Waals surface area contributed by atoms with E-state index in [1.165, 1.54) is 11.1 Å². The van der Waals surface area contributed by atoms with Gasteiger partial charge in [0.1, 0.15) is 0 Å². The van der Waals surface area contributed by atoms with Crippen molar-refractivity contribution in [3.63, 3.8) is 0 Å². The first-order valence-electron chi connectivity index (χ1n) is 4.24. The fourth-order valence-electron chi connectivity index (χ4n) is 0.616. The Kier molecular flexibility index (Phi) is 3.57. The van der Waals surface area contributed by atoms with Crippen molar-refractivity contribution in [1.29, 1.82) is 0 Å². The Labute approximate surface area is 71.0 Å². The van der Waals surface area contributed by atoms with Crippen LogP contribution in [-0.4, -0.2) is 0 Å². The van der Waals surface area contributed by atoms with Crippen LogP contribution < -0.4 is 0 Å². The minimum atomic E-state index is 0.219. The summed E-state index contributed by atoms with van der Waals surface area (Å²) in [5.74, 6) is 0. The molecule has 0 saturated heterocycles. The normalized spacial score (nSPS) is 13.4. The largest absolute Gasteiger partial charge is 0.0953 e. The summed E-state index contributed by atoms with van der Waals surface area (Å²) in [6.07, 6.45) is 3.31. The van der Waals surface area contributed by atoms with E-state index in [4.69, 9.17) is 0 Å². The molecule has 0 radical (unpaired) electrons. The highest BCUT2D eigenvalue weighted by atomic mass is 14.2. The summed E-state index contributed by atoms with van der Waals surface area (Å²) >= 11 is 0. The van der Waals surface area contributed by atoms with Crippen molar-refractivity contribution in [3.05, 3.63) is 23.8 Å². The minimum absolute atomic E-state index is 0.219. The van der Waals surface area contributed by atoms with E-state index in [0.717, 1.165) is 6.42 Å². The molecule has 0 aliphatic rings. The second kappa shape index (κ2) is 3.75. The van der Waals surface area contributed by atoms with Gasteiger partial charge in [0, 0.05) is 0 Å². The third kappa shape index (κ3) is 4.02. The molecule has 0 heteroatoms. The SMILES string of the molecule is C=C(/C=C(/C)CC)C(C)(C)C. The first kappa shape index (κ1) is 10.5. The molecule has 0 aliphatic carbocycles. The lowest BCUT2D eigenvalue weighted by molar-refractivity contribution is 0.518. The Hall–Kier alpha value is -0.520. The second-order valence-electron chi connectivity index (χ2n) is 4.12. The summed E-state index contributed by atoms with van der Waals surface area (Å²) in [5, 5.41) is 0. The molecule has 0 rings (SSSR count). The summed E-state index contributed by atoms with van der Waals surface area (Å²) in [4.78, 5) is 0. The van der Waals surface area contributed by atoms with Crippen molar-refractivity contribution in [3.8, 4) is 0 Å². The van der Waals surface area contributed by atoms with E-state index in [0.29, 0.717) is 0 Å². The van der Waals surface area contributed by atoms with Gasteiger partial charge in [0.05, 0.1) is 0 Å². The van der Waals surface area contributed by atoms with Crippen LogP contribution in [0.1, 0.15) is 41.0 Å².